The van der Waals surface area contributed by atoms with Gasteiger partial charge in [-0.3, -0.25) is 9.69 Å². The molecule has 1 aromatic heterocycles. The third-order valence-electron chi connectivity index (χ3n) is 5.48. The van der Waals surface area contributed by atoms with E-state index in [4.69, 9.17) is 9.26 Å². The summed E-state index contributed by atoms with van der Waals surface area (Å²) in [5.41, 5.74) is 0.871. The van der Waals surface area contributed by atoms with Crippen molar-refractivity contribution in [2.75, 3.05) is 26.2 Å². The van der Waals surface area contributed by atoms with Crippen molar-refractivity contribution in [2.24, 2.45) is 0 Å². The van der Waals surface area contributed by atoms with Crippen LogP contribution in [-0.4, -0.2) is 47.0 Å². The van der Waals surface area contributed by atoms with Crippen LogP contribution in [0.3, 0.4) is 0 Å². The third kappa shape index (κ3) is 4.62. The molecule has 168 valence electrons. The van der Waals surface area contributed by atoms with Crippen molar-refractivity contribution >= 4 is 5.91 Å². The van der Waals surface area contributed by atoms with Gasteiger partial charge in [0, 0.05) is 38.3 Å². The minimum Gasteiger partial charge on any atom is -0.486 e. The Hall–Kier alpha value is -3.33. The number of para-hydroxylation sites is 1. The van der Waals surface area contributed by atoms with Gasteiger partial charge in [0.05, 0.1) is 5.56 Å². The molecular weight excluding hydrogens is 423 g/mol. The van der Waals surface area contributed by atoms with Crippen molar-refractivity contribution in [3.63, 3.8) is 0 Å². The number of halogens is 3. The zero-order valence-corrected chi connectivity index (χ0v) is 17.5. The summed E-state index contributed by atoms with van der Waals surface area (Å²) in [6.45, 7) is 3.66. The second-order valence-electron chi connectivity index (χ2n) is 7.57. The molecule has 1 aliphatic rings. The van der Waals surface area contributed by atoms with Gasteiger partial charge in [-0.15, -0.1) is 0 Å². The van der Waals surface area contributed by atoms with Crippen LogP contribution >= 0.6 is 0 Å². The summed E-state index contributed by atoms with van der Waals surface area (Å²) in [6, 6.07) is 10.1. The van der Waals surface area contributed by atoms with Gasteiger partial charge in [-0.1, -0.05) is 29.4 Å². The first-order valence-corrected chi connectivity index (χ1v) is 10.2. The molecule has 3 aromatic rings. The van der Waals surface area contributed by atoms with Gasteiger partial charge in [0.2, 0.25) is 0 Å². The molecule has 0 bridgehead atoms. The van der Waals surface area contributed by atoms with Crippen molar-refractivity contribution in [3.05, 3.63) is 82.5 Å². The van der Waals surface area contributed by atoms with Crippen molar-refractivity contribution in [2.45, 2.75) is 20.1 Å². The Morgan fingerprint density at radius 2 is 1.75 bits per heavy atom. The van der Waals surface area contributed by atoms with Crippen molar-refractivity contribution < 1.29 is 27.2 Å². The van der Waals surface area contributed by atoms with Gasteiger partial charge >= 0.3 is 0 Å². The molecule has 6 nitrogen and oxygen atoms in total. The number of rotatable bonds is 6. The van der Waals surface area contributed by atoms with Crippen LogP contribution in [0.5, 0.6) is 5.75 Å². The lowest BCUT2D eigenvalue weighted by Gasteiger charge is -2.34. The fourth-order valence-corrected chi connectivity index (χ4v) is 3.61. The molecule has 0 unspecified atom stereocenters. The Bertz CT molecular complexity index is 1110. The number of piperazine rings is 1. The molecule has 0 aliphatic carbocycles. The molecule has 0 spiro atoms. The number of hydrogen-bond acceptors (Lipinski definition) is 5. The summed E-state index contributed by atoms with van der Waals surface area (Å²) in [7, 11) is 0. The molecule has 0 N–H and O–H groups in total. The van der Waals surface area contributed by atoms with E-state index in [9.17, 15) is 18.0 Å². The first-order chi connectivity index (χ1) is 15.4. The number of ether oxygens (including phenoxy) is 1. The number of carbonyl (C=O) groups excluding carboxylic acids is 1. The Labute approximate surface area is 183 Å². The predicted octanol–water partition coefficient (Wildman–Crippen LogP) is 3.94. The summed E-state index contributed by atoms with van der Waals surface area (Å²) in [6.07, 6.45) is 0. The number of amides is 1. The second-order valence-corrected chi connectivity index (χ2v) is 7.57. The van der Waals surface area contributed by atoms with Gasteiger partial charge in [0.15, 0.2) is 28.9 Å². The maximum absolute atomic E-state index is 13.9. The van der Waals surface area contributed by atoms with Crippen LogP contribution in [0.15, 0.2) is 47.0 Å². The summed E-state index contributed by atoms with van der Waals surface area (Å²) in [5.74, 6) is -2.04. The van der Waals surface area contributed by atoms with E-state index >= 15 is 0 Å². The molecule has 0 radical (unpaired) electrons. The van der Waals surface area contributed by atoms with Crippen LogP contribution in [0, 0.1) is 24.4 Å². The van der Waals surface area contributed by atoms with Gasteiger partial charge in [-0.2, -0.15) is 0 Å². The molecule has 2 heterocycles. The molecule has 4 rings (SSSR count). The first kappa shape index (κ1) is 21.9. The van der Waals surface area contributed by atoms with E-state index in [-0.39, 0.29) is 36.1 Å². The van der Waals surface area contributed by atoms with E-state index in [0.717, 1.165) is 6.07 Å². The van der Waals surface area contributed by atoms with Crippen LogP contribution in [0.4, 0.5) is 13.2 Å². The van der Waals surface area contributed by atoms with E-state index in [2.05, 4.69) is 5.16 Å². The van der Waals surface area contributed by atoms with E-state index in [1.54, 1.807) is 30.0 Å². The van der Waals surface area contributed by atoms with Crippen molar-refractivity contribution in [3.8, 4) is 5.75 Å². The van der Waals surface area contributed by atoms with Gasteiger partial charge in [-0.05, 0) is 25.1 Å². The van der Waals surface area contributed by atoms with E-state index < -0.39 is 17.5 Å². The first-order valence-electron chi connectivity index (χ1n) is 10.2. The van der Waals surface area contributed by atoms with E-state index in [1.165, 1.54) is 18.2 Å². The predicted molar refractivity (Wildman–Crippen MR) is 110 cm³/mol. The molecule has 2 aromatic carbocycles. The van der Waals surface area contributed by atoms with Crippen LogP contribution in [-0.2, 0) is 13.2 Å². The Morgan fingerprint density at radius 3 is 2.50 bits per heavy atom. The Balaban J connectivity index is 1.38. The molecule has 1 fully saturated rings. The summed E-state index contributed by atoms with van der Waals surface area (Å²) < 4.78 is 51.9. The van der Waals surface area contributed by atoms with Gasteiger partial charge in [-0.25, -0.2) is 13.2 Å². The van der Waals surface area contributed by atoms with Crippen LogP contribution < -0.4 is 4.74 Å². The van der Waals surface area contributed by atoms with Crippen LogP contribution in [0.25, 0.3) is 0 Å². The molecular formula is C23H22F3N3O3. The quantitative estimate of drug-likeness (QED) is 0.575. The average Bonchev–Trinajstić information content (AvgIpc) is 3.16. The van der Waals surface area contributed by atoms with Crippen molar-refractivity contribution in [1.82, 2.24) is 15.0 Å². The number of aryl methyl sites for hydroxylation is 1. The topological polar surface area (TPSA) is 58.8 Å². The molecule has 1 amide bonds. The Morgan fingerprint density at radius 1 is 1.03 bits per heavy atom. The number of nitrogens with zero attached hydrogens (tertiary/aromatic N) is 3. The standard InChI is InChI=1S/C23H22F3N3O3/c1-15-17(14-31-20-8-3-2-6-18(20)24)22(27-32-15)23(30)29-11-9-28(10-12-29)13-16-5-4-7-19(25)21(16)26/h2-8H,9-14H2,1H3. The molecule has 0 saturated carbocycles. The zero-order chi connectivity index (χ0) is 22.7. The van der Waals surface area contributed by atoms with Crippen LogP contribution in [0.1, 0.15) is 27.4 Å². The normalized spacial score (nSPS) is 14.6. The van der Waals surface area contributed by atoms with Gasteiger partial charge in [0.1, 0.15) is 12.4 Å². The average molecular weight is 445 g/mol. The number of aromatic nitrogens is 1. The molecule has 0 atom stereocenters. The highest BCUT2D eigenvalue weighted by Crippen LogP contribution is 2.22. The minimum atomic E-state index is -0.872. The van der Waals surface area contributed by atoms with Gasteiger partial charge < -0.3 is 14.2 Å². The van der Waals surface area contributed by atoms with Crippen molar-refractivity contribution in [1.29, 1.82) is 0 Å². The van der Waals surface area contributed by atoms with Gasteiger partial charge in [0.25, 0.3) is 5.91 Å². The largest absolute Gasteiger partial charge is 0.486 e. The van der Waals surface area contributed by atoms with E-state index in [0.29, 0.717) is 37.5 Å². The monoisotopic (exact) mass is 445 g/mol. The number of hydrogen-bond donors (Lipinski definition) is 0. The minimum absolute atomic E-state index is 0.0594. The maximum Gasteiger partial charge on any atom is 0.276 e. The highest BCUT2D eigenvalue weighted by Gasteiger charge is 2.28. The summed E-state index contributed by atoms with van der Waals surface area (Å²) in [4.78, 5) is 16.6. The van der Waals surface area contributed by atoms with E-state index in [1.807, 2.05) is 4.90 Å². The fraction of sp³-hybridized carbons (Fsp3) is 0.304. The maximum atomic E-state index is 13.9. The van der Waals surface area contributed by atoms with Crippen LogP contribution in [0.2, 0.25) is 0 Å². The third-order valence-corrected chi connectivity index (χ3v) is 5.48. The smallest absolute Gasteiger partial charge is 0.276 e. The lowest BCUT2D eigenvalue weighted by Crippen LogP contribution is -2.48. The molecule has 1 aliphatic heterocycles. The lowest BCUT2D eigenvalue weighted by atomic mass is 10.1. The number of carbonyl (C=O) groups is 1. The highest BCUT2D eigenvalue weighted by atomic mass is 19.2. The Kier molecular flexibility index (Phi) is 6.45. The molecule has 32 heavy (non-hydrogen) atoms. The highest BCUT2D eigenvalue weighted by molar-refractivity contribution is 5.93. The zero-order valence-electron chi connectivity index (χ0n) is 17.5. The number of benzene rings is 2. The summed E-state index contributed by atoms with van der Waals surface area (Å²) >= 11 is 0. The molecule has 1 saturated heterocycles. The summed E-state index contributed by atoms with van der Waals surface area (Å²) in [5, 5.41) is 3.89. The lowest BCUT2D eigenvalue weighted by molar-refractivity contribution is 0.0614. The SMILES string of the molecule is Cc1onc(C(=O)N2CCN(Cc3cccc(F)c3F)CC2)c1COc1ccccc1F. The molecule has 9 heteroatoms. The fourth-order valence-electron chi connectivity index (χ4n) is 3.61. The second kappa shape index (κ2) is 9.44.